The molecular formula is C13H14BrN3. The quantitative estimate of drug-likeness (QED) is 0.811. The topological polar surface area (TPSA) is 30.7 Å². The molecule has 3 nitrogen and oxygen atoms in total. The summed E-state index contributed by atoms with van der Waals surface area (Å²) in [6.07, 6.45) is 2.49. The summed E-state index contributed by atoms with van der Waals surface area (Å²) < 4.78 is 2.29. The second kappa shape index (κ2) is 4.26. The first-order valence-corrected chi connectivity index (χ1v) is 6.99. The molecular weight excluding hydrogens is 278 g/mol. The van der Waals surface area contributed by atoms with Crippen molar-refractivity contribution in [1.82, 2.24) is 14.8 Å². The molecule has 88 valence electrons. The summed E-state index contributed by atoms with van der Waals surface area (Å²) in [6, 6.07) is 8.96. The molecule has 4 heteroatoms. The first-order valence-electron chi connectivity index (χ1n) is 5.87. The highest BCUT2D eigenvalue weighted by molar-refractivity contribution is 9.08. The van der Waals surface area contributed by atoms with Crippen LogP contribution in [0.2, 0.25) is 0 Å². The number of rotatable bonds is 3. The third kappa shape index (κ3) is 1.90. The summed E-state index contributed by atoms with van der Waals surface area (Å²) in [5.41, 5.74) is 2.45. The minimum absolute atomic E-state index is 0.604. The third-order valence-electron chi connectivity index (χ3n) is 3.18. The van der Waals surface area contributed by atoms with Crippen LogP contribution >= 0.6 is 15.9 Å². The average molecular weight is 292 g/mol. The summed E-state index contributed by atoms with van der Waals surface area (Å²) in [7, 11) is 0. The molecule has 0 N–H and O–H groups in total. The van der Waals surface area contributed by atoms with Gasteiger partial charge in [0.15, 0.2) is 5.82 Å². The van der Waals surface area contributed by atoms with Gasteiger partial charge in [-0.2, -0.15) is 0 Å². The molecule has 1 aliphatic rings. The highest BCUT2D eigenvalue weighted by Gasteiger charge is 2.29. The van der Waals surface area contributed by atoms with E-state index in [4.69, 9.17) is 0 Å². The SMILES string of the molecule is Cc1ccccc1-c1nnc(CBr)n1C1CC1. The number of nitrogens with zero attached hydrogens (tertiary/aromatic N) is 3. The molecule has 1 aliphatic carbocycles. The zero-order valence-electron chi connectivity index (χ0n) is 9.73. The lowest BCUT2D eigenvalue weighted by molar-refractivity contribution is 0.714. The van der Waals surface area contributed by atoms with Crippen LogP contribution in [0.5, 0.6) is 0 Å². The Labute approximate surface area is 109 Å². The minimum Gasteiger partial charge on any atom is -0.307 e. The molecule has 0 unspecified atom stereocenters. The molecule has 1 aromatic heterocycles. The molecule has 0 amide bonds. The smallest absolute Gasteiger partial charge is 0.164 e. The standard InChI is InChI=1S/C13H14BrN3/c1-9-4-2-3-5-11(9)13-16-15-12(8-14)17(13)10-6-7-10/h2-5,10H,6-8H2,1H3. The molecule has 1 heterocycles. The fraction of sp³-hybridized carbons (Fsp3) is 0.385. The lowest BCUT2D eigenvalue weighted by Gasteiger charge is -2.09. The first-order chi connectivity index (χ1) is 8.31. The van der Waals surface area contributed by atoms with Crippen molar-refractivity contribution in [2.45, 2.75) is 31.1 Å². The molecule has 0 spiro atoms. The van der Waals surface area contributed by atoms with E-state index < -0.39 is 0 Å². The summed E-state index contributed by atoms with van der Waals surface area (Å²) in [4.78, 5) is 0. The van der Waals surface area contributed by atoms with Crippen molar-refractivity contribution in [3.05, 3.63) is 35.7 Å². The van der Waals surface area contributed by atoms with Gasteiger partial charge in [0.2, 0.25) is 0 Å². The molecule has 1 aromatic carbocycles. The summed E-state index contributed by atoms with van der Waals surface area (Å²) >= 11 is 3.49. The van der Waals surface area contributed by atoms with E-state index >= 15 is 0 Å². The normalized spacial score (nSPS) is 15.2. The number of hydrogen-bond donors (Lipinski definition) is 0. The minimum atomic E-state index is 0.604. The maximum atomic E-state index is 4.36. The first kappa shape index (κ1) is 11.0. The lowest BCUT2D eigenvalue weighted by Crippen LogP contribution is -2.02. The maximum Gasteiger partial charge on any atom is 0.164 e. The predicted molar refractivity (Wildman–Crippen MR) is 71.1 cm³/mol. The summed E-state index contributed by atoms with van der Waals surface area (Å²) in [6.45, 7) is 2.12. The number of halogens is 1. The molecule has 0 aliphatic heterocycles. The van der Waals surface area contributed by atoms with Crippen LogP contribution in [0.25, 0.3) is 11.4 Å². The maximum absolute atomic E-state index is 4.36. The van der Waals surface area contributed by atoms with Crippen molar-refractivity contribution in [1.29, 1.82) is 0 Å². The van der Waals surface area contributed by atoms with Crippen molar-refractivity contribution in [2.24, 2.45) is 0 Å². The van der Waals surface area contributed by atoms with E-state index in [9.17, 15) is 0 Å². The van der Waals surface area contributed by atoms with Crippen LogP contribution in [0, 0.1) is 6.92 Å². The van der Waals surface area contributed by atoms with E-state index in [1.807, 2.05) is 0 Å². The Morgan fingerprint density at radius 2 is 2.06 bits per heavy atom. The molecule has 2 aromatic rings. The van der Waals surface area contributed by atoms with Gasteiger partial charge in [0, 0.05) is 11.6 Å². The van der Waals surface area contributed by atoms with E-state index in [0.717, 1.165) is 17.0 Å². The fourth-order valence-corrected chi connectivity index (χ4v) is 2.52. The van der Waals surface area contributed by atoms with E-state index in [1.165, 1.54) is 24.0 Å². The van der Waals surface area contributed by atoms with Crippen LogP contribution in [0.15, 0.2) is 24.3 Å². The second-order valence-electron chi connectivity index (χ2n) is 4.49. The van der Waals surface area contributed by atoms with Crippen molar-refractivity contribution in [3.8, 4) is 11.4 Å². The number of alkyl halides is 1. The molecule has 1 fully saturated rings. The molecule has 0 atom stereocenters. The monoisotopic (exact) mass is 291 g/mol. The van der Waals surface area contributed by atoms with Gasteiger partial charge in [-0.05, 0) is 25.3 Å². The molecule has 3 rings (SSSR count). The Kier molecular flexibility index (Phi) is 2.74. The van der Waals surface area contributed by atoms with Crippen LogP contribution in [0.3, 0.4) is 0 Å². The van der Waals surface area contributed by atoms with E-state index in [1.54, 1.807) is 0 Å². The Morgan fingerprint density at radius 3 is 2.71 bits per heavy atom. The van der Waals surface area contributed by atoms with Gasteiger partial charge < -0.3 is 4.57 Å². The molecule has 0 bridgehead atoms. The van der Waals surface area contributed by atoms with Crippen molar-refractivity contribution < 1.29 is 0 Å². The van der Waals surface area contributed by atoms with Crippen LogP contribution in [-0.4, -0.2) is 14.8 Å². The number of hydrogen-bond acceptors (Lipinski definition) is 2. The molecule has 1 saturated carbocycles. The van der Waals surface area contributed by atoms with Gasteiger partial charge >= 0.3 is 0 Å². The van der Waals surface area contributed by atoms with Gasteiger partial charge in [0.1, 0.15) is 5.82 Å². The summed E-state index contributed by atoms with van der Waals surface area (Å²) in [5, 5.41) is 9.41. The molecule has 0 radical (unpaired) electrons. The van der Waals surface area contributed by atoms with Crippen molar-refractivity contribution in [2.75, 3.05) is 0 Å². The van der Waals surface area contributed by atoms with Gasteiger partial charge in [-0.3, -0.25) is 0 Å². The average Bonchev–Trinajstić information content (AvgIpc) is 3.10. The number of aryl methyl sites for hydroxylation is 1. The fourth-order valence-electron chi connectivity index (χ4n) is 2.14. The van der Waals surface area contributed by atoms with E-state index in [0.29, 0.717) is 6.04 Å². The molecule has 0 saturated heterocycles. The number of benzene rings is 1. The second-order valence-corrected chi connectivity index (χ2v) is 5.05. The van der Waals surface area contributed by atoms with Crippen molar-refractivity contribution in [3.63, 3.8) is 0 Å². The Hall–Kier alpha value is -1.16. The zero-order chi connectivity index (χ0) is 11.8. The van der Waals surface area contributed by atoms with Gasteiger partial charge in [0.25, 0.3) is 0 Å². The van der Waals surface area contributed by atoms with Crippen LogP contribution in [-0.2, 0) is 5.33 Å². The van der Waals surface area contributed by atoms with Gasteiger partial charge in [-0.1, -0.05) is 40.2 Å². The Bertz CT molecular complexity index is 543. The molecule has 17 heavy (non-hydrogen) atoms. The highest BCUT2D eigenvalue weighted by Crippen LogP contribution is 2.39. The van der Waals surface area contributed by atoms with Crippen LogP contribution < -0.4 is 0 Å². The van der Waals surface area contributed by atoms with E-state index in [-0.39, 0.29) is 0 Å². The number of aromatic nitrogens is 3. The van der Waals surface area contributed by atoms with Gasteiger partial charge in [-0.25, -0.2) is 0 Å². The zero-order valence-corrected chi connectivity index (χ0v) is 11.3. The van der Waals surface area contributed by atoms with Crippen molar-refractivity contribution >= 4 is 15.9 Å². The third-order valence-corrected chi connectivity index (χ3v) is 3.69. The predicted octanol–water partition coefficient (Wildman–Crippen LogP) is 3.48. The highest BCUT2D eigenvalue weighted by atomic mass is 79.9. The van der Waals surface area contributed by atoms with Crippen LogP contribution in [0.4, 0.5) is 0 Å². The van der Waals surface area contributed by atoms with Gasteiger partial charge in [0.05, 0.1) is 5.33 Å². The largest absolute Gasteiger partial charge is 0.307 e. The summed E-state index contributed by atoms with van der Waals surface area (Å²) in [5.74, 6) is 2.05. The Morgan fingerprint density at radius 1 is 1.29 bits per heavy atom. The van der Waals surface area contributed by atoms with Gasteiger partial charge in [-0.15, -0.1) is 10.2 Å². The Balaban J connectivity index is 2.14. The van der Waals surface area contributed by atoms with E-state index in [2.05, 4.69) is 61.9 Å². The lowest BCUT2D eigenvalue weighted by atomic mass is 10.1. The van der Waals surface area contributed by atoms with Crippen LogP contribution in [0.1, 0.15) is 30.3 Å².